The Bertz CT molecular complexity index is 536. The number of carboxylic acids is 1. The Morgan fingerprint density at radius 2 is 1.95 bits per heavy atom. The summed E-state index contributed by atoms with van der Waals surface area (Å²) in [5.41, 5.74) is 0.424. The van der Waals surface area contributed by atoms with E-state index in [1.807, 2.05) is 0 Å². The summed E-state index contributed by atoms with van der Waals surface area (Å²) in [7, 11) is 0. The molecule has 0 atom stereocenters. The zero-order valence-electron chi connectivity index (χ0n) is 10.3. The topological polar surface area (TPSA) is 95.5 Å². The molecule has 0 radical (unpaired) electrons. The lowest BCUT2D eigenvalue weighted by molar-refractivity contribution is -0.137. The van der Waals surface area contributed by atoms with Crippen molar-refractivity contribution in [1.82, 2.24) is 5.32 Å². The van der Waals surface area contributed by atoms with Crippen LogP contribution in [0.3, 0.4) is 0 Å². The third-order valence-electron chi connectivity index (χ3n) is 2.25. The number of hydrogen-bond acceptors (Lipinski definition) is 3. The zero-order valence-corrected chi connectivity index (χ0v) is 12.6. The van der Waals surface area contributed by atoms with Crippen LogP contribution in [0.4, 0.5) is 10.5 Å². The van der Waals surface area contributed by atoms with E-state index in [0.29, 0.717) is 15.2 Å². The first-order valence-electron chi connectivity index (χ1n) is 5.67. The van der Waals surface area contributed by atoms with E-state index in [9.17, 15) is 14.4 Å². The molecule has 108 valence electrons. The van der Waals surface area contributed by atoms with Crippen LogP contribution < -0.4 is 10.6 Å². The minimum absolute atomic E-state index is 0.0313. The van der Waals surface area contributed by atoms with Gasteiger partial charge in [0.2, 0.25) is 5.91 Å². The van der Waals surface area contributed by atoms with E-state index in [-0.39, 0.29) is 19.3 Å². The number of imide groups is 1. The van der Waals surface area contributed by atoms with Gasteiger partial charge in [0.1, 0.15) is 0 Å². The number of urea groups is 1. The van der Waals surface area contributed by atoms with Gasteiger partial charge in [0, 0.05) is 12.8 Å². The molecule has 0 saturated carbocycles. The van der Waals surface area contributed by atoms with Crippen LogP contribution in [0.2, 0.25) is 5.02 Å². The summed E-state index contributed by atoms with van der Waals surface area (Å²) in [6.45, 7) is 0. The minimum Gasteiger partial charge on any atom is -0.481 e. The number of halogens is 2. The van der Waals surface area contributed by atoms with Crippen molar-refractivity contribution in [2.75, 3.05) is 5.32 Å². The highest BCUT2D eigenvalue weighted by atomic mass is 79.9. The van der Waals surface area contributed by atoms with Gasteiger partial charge in [0.25, 0.3) is 0 Å². The molecule has 0 fully saturated rings. The fourth-order valence-corrected chi connectivity index (χ4v) is 1.88. The average Bonchev–Trinajstić information content (AvgIpc) is 2.34. The molecule has 0 unspecified atom stereocenters. The number of carbonyl (C=O) groups is 3. The summed E-state index contributed by atoms with van der Waals surface area (Å²) < 4.78 is 0.509. The van der Waals surface area contributed by atoms with Crippen LogP contribution in [0.1, 0.15) is 19.3 Å². The number of carboxylic acid groups (broad SMARTS) is 1. The van der Waals surface area contributed by atoms with Crippen LogP contribution in [0.5, 0.6) is 0 Å². The van der Waals surface area contributed by atoms with Gasteiger partial charge in [-0.15, -0.1) is 0 Å². The summed E-state index contributed by atoms with van der Waals surface area (Å²) in [4.78, 5) is 33.2. The molecular formula is C12H12BrClN2O4. The van der Waals surface area contributed by atoms with Gasteiger partial charge in [0.05, 0.1) is 15.2 Å². The van der Waals surface area contributed by atoms with Crippen LogP contribution in [0.25, 0.3) is 0 Å². The molecule has 3 amide bonds. The number of benzene rings is 1. The van der Waals surface area contributed by atoms with Gasteiger partial charge < -0.3 is 10.4 Å². The molecule has 0 aromatic heterocycles. The number of rotatable bonds is 5. The van der Waals surface area contributed by atoms with Crippen LogP contribution in [-0.4, -0.2) is 23.0 Å². The van der Waals surface area contributed by atoms with Gasteiger partial charge in [-0.3, -0.25) is 14.9 Å². The van der Waals surface area contributed by atoms with Crippen molar-refractivity contribution in [2.24, 2.45) is 0 Å². The highest BCUT2D eigenvalue weighted by Crippen LogP contribution is 2.29. The standard InChI is InChI=1S/C12H12BrClN2O4/c13-11-7(14)3-1-4-8(11)15-12(20)16-9(17)5-2-6-10(18)19/h1,3-4H,2,5-6H2,(H,18,19)(H2,15,16,17,20). The fraction of sp³-hybridized carbons (Fsp3) is 0.250. The Morgan fingerprint density at radius 1 is 1.25 bits per heavy atom. The highest BCUT2D eigenvalue weighted by Gasteiger charge is 2.11. The number of carbonyl (C=O) groups excluding carboxylic acids is 2. The lowest BCUT2D eigenvalue weighted by Crippen LogP contribution is -2.34. The van der Waals surface area contributed by atoms with Gasteiger partial charge in [-0.1, -0.05) is 17.7 Å². The van der Waals surface area contributed by atoms with Crippen molar-refractivity contribution in [1.29, 1.82) is 0 Å². The van der Waals surface area contributed by atoms with Gasteiger partial charge in [-0.2, -0.15) is 0 Å². The van der Waals surface area contributed by atoms with Gasteiger partial charge in [0.15, 0.2) is 0 Å². The molecule has 0 heterocycles. The Balaban J connectivity index is 2.45. The summed E-state index contributed by atoms with van der Waals surface area (Å²) >= 11 is 9.07. The number of hydrogen-bond donors (Lipinski definition) is 3. The van der Waals surface area contributed by atoms with Gasteiger partial charge >= 0.3 is 12.0 Å². The predicted molar refractivity (Wildman–Crippen MR) is 77.8 cm³/mol. The Kier molecular flexibility index (Phi) is 6.47. The first kappa shape index (κ1) is 16.5. The molecule has 1 aromatic rings. The Morgan fingerprint density at radius 3 is 2.60 bits per heavy atom. The molecule has 20 heavy (non-hydrogen) atoms. The largest absolute Gasteiger partial charge is 0.481 e. The summed E-state index contributed by atoms with van der Waals surface area (Å²) in [5.74, 6) is -1.52. The smallest absolute Gasteiger partial charge is 0.325 e. The molecule has 8 heteroatoms. The number of aliphatic carboxylic acids is 1. The van der Waals surface area contributed by atoms with Crippen molar-refractivity contribution in [3.8, 4) is 0 Å². The first-order chi connectivity index (χ1) is 9.40. The normalized spacial score (nSPS) is 9.90. The van der Waals surface area contributed by atoms with Crippen molar-refractivity contribution in [3.05, 3.63) is 27.7 Å². The molecular weight excluding hydrogens is 351 g/mol. The highest BCUT2D eigenvalue weighted by molar-refractivity contribution is 9.10. The number of anilines is 1. The third-order valence-corrected chi connectivity index (χ3v) is 3.64. The maximum absolute atomic E-state index is 11.6. The lowest BCUT2D eigenvalue weighted by Gasteiger charge is -2.09. The SMILES string of the molecule is O=C(O)CCCC(=O)NC(=O)Nc1cccc(Cl)c1Br. The summed E-state index contributed by atoms with van der Waals surface area (Å²) in [5, 5.41) is 13.4. The quantitative estimate of drug-likeness (QED) is 0.749. The Hall–Kier alpha value is -1.60. The van der Waals surface area contributed by atoms with Crippen LogP contribution in [0, 0.1) is 0 Å². The number of nitrogens with one attached hydrogen (secondary N) is 2. The van der Waals surface area contributed by atoms with Crippen molar-refractivity contribution in [3.63, 3.8) is 0 Å². The summed E-state index contributed by atoms with van der Waals surface area (Å²) in [6, 6.07) is 4.21. The molecule has 0 bridgehead atoms. The van der Waals surface area contributed by atoms with Gasteiger partial charge in [-0.05, 0) is 34.5 Å². The number of amides is 3. The second-order valence-electron chi connectivity index (χ2n) is 3.85. The van der Waals surface area contributed by atoms with E-state index in [4.69, 9.17) is 16.7 Å². The van der Waals surface area contributed by atoms with Crippen molar-refractivity contribution < 1.29 is 19.5 Å². The first-order valence-corrected chi connectivity index (χ1v) is 6.84. The molecule has 1 aromatic carbocycles. The minimum atomic E-state index is -0.981. The molecule has 0 aliphatic heterocycles. The second kappa shape index (κ2) is 7.86. The van der Waals surface area contributed by atoms with Crippen LogP contribution in [0.15, 0.2) is 22.7 Å². The second-order valence-corrected chi connectivity index (χ2v) is 5.05. The molecule has 0 spiro atoms. The monoisotopic (exact) mass is 362 g/mol. The fourth-order valence-electron chi connectivity index (χ4n) is 1.34. The average molecular weight is 364 g/mol. The molecule has 0 saturated heterocycles. The lowest BCUT2D eigenvalue weighted by atomic mass is 10.2. The van der Waals surface area contributed by atoms with Crippen LogP contribution in [-0.2, 0) is 9.59 Å². The maximum atomic E-state index is 11.6. The molecule has 6 nitrogen and oxygen atoms in total. The third kappa shape index (κ3) is 5.58. The molecule has 0 aliphatic rings. The zero-order chi connectivity index (χ0) is 15.1. The maximum Gasteiger partial charge on any atom is 0.325 e. The Labute approximate surface area is 128 Å². The molecule has 0 aliphatic carbocycles. The van der Waals surface area contributed by atoms with Crippen molar-refractivity contribution in [2.45, 2.75) is 19.3 Å². The van der Waals surface area contributed by atoms with Gasteiger partial charge in [-0.25, -0.2) is 4.79 Å². The van der Waals surface area contributed by atoms with E-state index in [2.05, 4.69) is 26.6 Å². The van der Waals surface area contributed by atoms with Crippen LogP contribution >= 0.6 is 27.5 Å². The van der Waals surface area contributed by atoms with E-state index in [0.717, 1.165) is 0 Å². The van der Waals surface area contributed by atoms with Crippen molar-refractivity contribution >= 4 is 51.1 Å². The van der Waals surface area contributed by atoms with E-state index < -0.39 is 17.9 Å². The summed E-state index contributed by atoms with van der Waals surface area (Å²) in [6.07, 6.45) is 0.0284. The van der Waals surface area contributed by atoms with E-state index >= 15 is 0 Å². The molecule has 1 rings (SSSR count). The van der Waals surface area contributed by atoms with E-state index in [1.165, 1.54) is 0 Å². The van der Waals surface area contributed by atoms with E-state index in [1.54, 1.807) is 18.2 Å². The molecule has 3 N–H and O–H groups in total. The predicted octanol–water partition coefficient (Wildman–Crippen LogP) is 3.01.